The Bertz CT molecular complexity index is 427. The molecule has 0 saturated heterocycles. The number of nitrogens with one attached hydrogen (secondary N) is 1. The Kier molecular flexibility index (Phi) is 3.97. The Morgan fingerprint density at radius 1 is 1.28 bits per heavy atom. The lowest BCUT2D eigenvalue weighted by Crippen LogP contribution is -2.38. The van der Waals surface area contributed by atoms with Crippen molar-refractivity contribution < 1.29 is 9.59 Å². The summed E-state index contributed by atoms with van der Waals surface area (Å²) in [5.41, 5.74) is 1.09. The number of hydrogen-bond acceptors (Lipinski definition) is 2. The highest BCUT2D eigenvalue weighted by molar-refractivity contribution is 5.86. The molecule has 4 heteroatoms. The summed E-state index contributed by atoms with van der Waals surface area (Å²) in [6.45, 7) is 0.664. The highest BCUT2D eigenvalue weighted by Crippen LogP contribution is 2.28. The van der Waals surface area contributed by atoms with Crippen LogP contribution in [0.1, 0.15) is 18.4 Å². The molecule has 0 radical (unpaired) electrons. The van der Waals surface area contributed by atoms with Gasteiger partial charge in [-0.2, -0.15) is 0 Å². The third-order valence-corrected chi connectivity index (χ3v) is 3.05. The Morgan fingerprint density at radius 3 is 2.56 bits per heavy atom. The number of carbonyl (C=O) groups excluding carboxylic acids is 2. The Hall–Kier alpha value is -1.84. The number of nitrogens with zero attached hydrogens (tertiary/aromatic N) is 1. The van der Waals surface area contributed by atoms with Crippen LogP contribution in [0.25, 0.3) is 0 Å². The molecule has 1 aliphatic carbocycles. The molecule has 0 bridgehead atoms. The van der Waals surface area contributed by atoms with Gasteiger partial charge in [-0.15, -0.1) is 0 Å². The van der Waals surface area contributed by atoms with Gasteiger partial charge in [-0.25, -0.2) is 0 Å². The van der Waals surface area contributed by atoms with Crippen LogP contribution in [0.15, 0.2) is 30.3 Å². The van der Waals surface area contributed by atoms with Gasteiger partial charge in [-0.3, -0.25) is 9.59 Å². The van der Waals surface area contributed by atoms with Crippen molar-refractivity contribution in [2.45, 2.75) is 19.4 Å². The highest BCUT2D eigenvalue weighted by Gasteiger charge is 2.29. The fraction of sp³-hybridized carbons (Fsp3) is 0.429. The minimum absolute atomic E-state index is 0.0106. The van der Waals surface area contributed by atoms with Crippen molar-refractivity contribution in [1.29, 1.82) is 0 Å². The summed E-state index contributed by atoms with van der Waals surface area (Å²) in [4.78, 5) is 24.8. The number of likely N-dealkylation sites (N-methyl/N-ethyl adjacent to an activating group) is 1. The van der Waals surface area contributed by atoms with Crippen molar-refractivity contribution in [3.8, 4) is 0 Å². The minimum atomic E-state index is -0.0622. The molecule has 0 unspecified atom stereocenters. The number of amides is 2. The third kappa shape index (κ3) is 3.58. The minimum Gasteiger partial charge on any atom is -0.347 e. The lowest BCUT2D eigenvalue weighted by Gasteiger charge is -2.17. The van der Waals surface area contributed by atoms with Gasteiger partial charge in [0, 0.05) is 19.5 Å². The second kappa shape index (κ2) is 5.67. The SMILES string of the molecule is CN(Cc1ccccc1)C(=O)CNC(=O)C1CC1. The molecule has 1 aromatic rings. The van der Waals surface area contributed by atoms with Gasteiger partial charge in [0.05, 0.1) is 6.54 Å². The highest BCUT2D eigenvalue weighted by atomic mass is 16.2. The molecule has 0 heterocycles. The van der Waals surface area contributed by atoms with Gasteiger partial charge in [-0.1, -0.05) is 30.3 Å². The molecular weight excluding hydrogens is 228 g/mol. The summed E-state index contributed by atoms with van der Waals surface area (Å²) < 4.78 is 0. The summed E-state index contributed by atoms with van der Waals surface area (Å²) in [7, 11) is 1.75. The molecule has 18 heavy (non-hydrogen) atoms. The first kappa shape index (κ1) is 12.6. The average Bonchev–Trinajstić information content (AvgIpc) is 3.21. The van der Waals surface area contributed by atoms with E-state index in [1.807, 2.05) is 30.3 Å². The van der Waals surface area contributed by atoms with Gasteiger partial charge in [0.2, 0.25) is 11.8 Å². The summed E-state index contributed by atoms with van der Waals surface area (Å²) in [6, 6.07) is 9.80. The molecule has 0 aliphatic heterocycles. The van der Waals surface area contributed by atoms with Crippen molar-refractivity contribution in [3.63, 3.8) is 0 Å². The maximum atomic E-state index is 11.8. The fourth-order valence-corrected chi connectivity index (χ4v) is 1.73. The zero-order valence-electron chi connectivity index (χ0n) is 10.6. The second-order valence-electron chi connectivity index (χ2n) is 4.73. The van der Waals surface area contributed by atoms with Crippen LogP contribution < -0.4 is 5.32 Å². The van der Waals surface area contributed by atoms with Crippen molar-refractivity contribution in [3.05, 3.63) is 35.9 Å². The zero-order chi connectivity index (χ0) is 13.0. The summed E-state index contributed by atoms with van der Waals surface area (Å²) in [5, 5.41) is 2.68. The molecule has 96 valence electrons. The van der Waals surface area contributed by atoms with E-state index < -0.39 is 0 Å². The van der Waals surface area contributed by atoms with Crippen LogP contribution in [0, 0.1) is 5.92 Å². The topological polar surface area (TPSA) is 49.4 Å². The summed E-state index contributed by atoms with van der Waals surface area (Å²) in [6.07, 6.45) is 1.92. The number of rotatable bonds is 5. The van der Waals surface area contributed by atoms with Crippen molar-refractivity contribution in [1.82, 2.24) is 10.2 Å². The molecule has 1 fully saturated rings. The molecular formula is C14H18N2O2. The van der Waals surface area contributed by atoms with Crippen LogP contribution in [0.3, 0.4) is 0 Å². The molecule has 2 rings (SSSR count). The third-order valence-electron chi connectivity index (χ3n) is 3.05. The molecule has 0 atom stereocenters. The average molecular weight is 246 g/mol. The summed E-state index contributed by atoms with van der Waals surface area (Å²) in [5.74, 6) is 0.0987. The van der Waals surface area contributed by atoms with Crippen LogP contribution >= 0.6 is 0 Å². The number of hydrogen-bond donors (Lipinski definition) is 1. The molecule has 1 N–H and O–H groups in total. The lowest BCUT2D eigenvalue weighted by atomic mass is 10.2. The van der Waals surface area contributed by atoms with E-state index in [-0.39, 0.29) is 24.3 Å². The molecule has 1 saturated carbocycles. The van der Waals surface area contributed by atoms with Crippen molar-refractivity contribution in [2.75, 3.05) is 13.6 Å². The molecule has 0 aromatic heterocycles. The number of carbonyl (C=O) groups is 2. The first-order valence-electron chi connectivity index (χ1n) is 6.22. The maximum absolute atomic E-state index is 11.8. The Balaban J connectivity index is 1.76. The van der Waals surface area contributed by atoms with E-state index in [4.69, 9.17) is 0 Å². The monoisotopic (exact) mass is 246 g/mol. The molecule has 0 spiro atoms. The number of benzene rings is 1. The van der Waals surface area contributed by atoms with Gasteiger partial charge in [0.1, 0.15) is 0 Å². The van der Waals surface area contributed by atoms with Crippen LogP contribution in [0.5, 0.6) is 0 Å². The van der Waals surface area contributed by atoms with Crippen LogP contribution in [0.2, 0.25) is 0 Å². The largest absolute Gasteiger partial charge is 0.347 e. The summed E-state index contributed by atoms with van der Waals surface area (Å²) >= 11 is 0. The predicted octanol–water partition coefficient (Wildman–Crippen LogP) is 1.17. The smallest absolute Gasteiger partial charge is 0.242 e. The van der Waals surface area contributed by atoms with Crippen molar-refractivity contribution >= 4 is 11.8 Å². The second-order valence-corrected chi connectivity index (χ2v) is 4.73. The first-order chi connectivity index (χ1) is 8.66. The Morgan fingerprint density at radius 2 is 1.94 bits per heavy atom. The van der Waals surface area contributed by atoms with Crippen LogP contribution in [-0.4, -0.2) is 30.3 Å². The van der Waals surface area contributed by atoms with Gasteiger partial charge in [-0.05, 0) is 18.4 Å². The molecule has 1 aliphatic rings. The van der Waals surface area contributed by atoms with E-state index in [2.05, 4.69) is 5.32 Å². The zero-order valence-corrected chi connectivity index (χ0v) is 10.6. The van der Waals surface area contributed by atoms with Gasteiger partial charge in [0.15, 0.2) is 0 Å². The van der Waals surface area contributed by atoms with E-state index in [9.17, 15) is 9.59 Å². The fourth-order valence-electron chi connectivity index (χ4n) is 1.73. The molecule has 4 nitrogen and oxygen atoms in total. The Labute approximate surface area is 107 Å². The van der Waals surface area contributed by atoms with E-state index in [0.717, 1.165) is 18.4 Å². The maximum Gasteiger partial charge on any atom is 0.242 e. The predicted molar refractivity (Wildman–Crippen MR) is 68.6 cm³/mol. The van der Waals surface area contributed by atoms with E-state index >= 15 is 0 Å². The van der Waals surface area contributed by atoms with E-state index in [1.165, 1.54) is 0 Å². The van der Waals surface area contributed by atoms with E-state index in [1.54, 1.807) is 11.9 Å². The normalized spacial score (nSPS) is 14.1. The lowest BCUT2D eigenvalue weighted by molar-refractivity contribution is -0.132. The van der Waals surface area contributed by atoms with Gasteiger partial charge >= 0.3 is 0 Å². The van der Waals surface area contributed by atoms with E-state index in [0.29, 0.717) is 6.54 Å². The van der Waals surface area contributed by atoms with Crippen LogP contribution in [-0.2, 0) is 16.1 Å². The van der Waals surface area contributed by atoms with Crippen LogP contribution in [0.4, 0.5) is 0 Å². The quantitative estimate of drug-likeness (QED) is 0.848. The van der Waals surface area contributed by atoms with Crippen molar-refractivity contribution in [2.24, 2.45) is 5.92 Å². The first-order valence-corrected chi connectivity index (χ1v) is 6.22. The molecule has 2 amide bonds. The standard InChI is InChI=1S/C14H18N2O2/c1-16(10-11-5-3-2-4-6-11)13(17)9-15-14(18)12-7-8-12/h2-6,12H,7-10H2,1H3,(H,15,18). The molecule has 1 aromatic carbocycles. The van der Waals surface area contributed by atoms with Gasteiger partial charge in [0.25, 0.3) is 0 Å². The van der Waals surface area contributed by atoms with Gasteiger partial charge < -0.3 is 10.2 Å².